The Morgan fingerprint density at radius 1 is 1.35 bits per heavy atom. The molecule has 0 aliphatic carbocycles. The fraction of sp³-hybridized carbons (Fsp3) is 0.455. The number of hydrogen-bond acceptors (Lipinski definition) is 5. The summed E-state index contributed by atoms with van der Waals surface area (Å²) >= 11 is 0. The standard InChI is InChI=1S/C11H15NO3.Cl2O2S/c1-3-4-6-9-7-5-8-10(12(13)14)11(9)15-2;1-5(2,3)4/h5,7-8H,3-4,6H2,1-2H3;. The molecule has 0 N–H and O–H groups in total. The van der Waals surface area contributed by atoms with Gasteiger partial charge >= 0.3 is 14.0 Å². The molecule has 6 nitrogen and oxygen atoms in total. The van der Waals surface area contributed by atoms with Gasteiger partial charge in [0.2, 0.25) is 0 Å². The van der Waals surface area contributed by atoms with Crippen LogP contribution in [0.3, 0.4) is 0 Å². The Labute approximate surface area is 126 Å². The van der Waals surface area contributed by atoms with E-state index in [1.54, 1.807) is 6.07 Å². The molecule has 20 heavy (non-hydrogen) atoms. The van der Waals surface area contributed by atoms with Gasteiger partial charge in [-0.15, -0.1) is 0 Å². The van der Waals surface area contributed by atoms with Crippen molar-refractivity contribution in [3.05, 3.63) is 33.9 Å². The van der Waals surface area contributed by atoms with Crippen molar-refractivity contribution < 1.29 is 18.1 Å². The van der Waals surface area contributed by atoms with E-state index in [-0.39, 0.29) is 5.69 Å². The van der Waals surface area contributed by atoms with Crippen LogP contribution in [0.1, 0.15) is 25.3 Å². The van der Waals surface area contributed by atoms with Crippen LogP contribution >= 0.6 is 21.4 Å². The van der Waals surface area contributed by atoms with Gasteiger partial charge in [0, 0.05) is 33.0 Å². The first-order valence-corrected chi connectivity index (χ1v) is 8.78. The van der Waals surface area contributed by atoms with E-state index in [0.717, 1.165) is 24.8 Å². The van der Waals surface area contributed by atoms with Gasteiger partial charge in [-0.25, -0.2) is 0 Å². The van der Waals surface area contributed by atoms with Crippen molar-refractivity contribution >= 4 is 35.3 Å². The summed E-state index contributed by atoms with van der Waals surface area (Å²) in [5, 5.41) is 10.7. The Morgan fingerprint density at radius 2 is 1.90 bits per heavy atom. The summed E-state index contributed by atoms with van der Waals surface area (Å²) in [6, 6.07) is 5.04. The Morgan fingerprint density at radius 3 is 2.30 bits per heavy atom. The van der Waals surface area contributed by atoms with Crippen molar-refractivity contribution in [3.63, 3.8) is 0 Å². The zero-order valence-electron chi connectivity index (χ0n) is 11.0. The van der Waals surface area contributed by atoms with Gasteiger partial charge in [-0.05, 0) is 12.8 Å². The molecular weight excluding hydrogens is 329 g/mol. The predicted molar refractivity (Wildman–Crippen MR) is 78.9 cm³/mol. The normalized spacial score (nSPS) is 10.4. The number of nitro groups is 1. The summed E-state index contributed by atoms with van der Waals surface area (Å²) in [5.41, 5.74) is 0.958. The average Bonchev–Trinajstić information content (AvgIpc) is 2.33. The smallest absolute Gasteiger partial charge is 0.317 e. The summed E-state index contributed by atoms with van der Waals surface area (Å²) < 4.78 is 23.4. The third-order valence-electron chi connectivity index (χ3n) is 2.28. The molecule has 1 aromatic carbocycles. The van der Waals surface area contributed by atoms with E-state index >= 15 is 0 Å². The Bertz CT molecular complexity index is 540. The lowest BCUT2D eigenvalue weighted by Gasteiger charge is -2.07. The van der Waals surface area contributed by atoms with Crippen molar-refractivity contribution in [1.29, 1.82) is 0 Å². The van der Waals surface area contributed by atoms with E-state index in [0.29, 0.717) is 5.75 Å². The molecule has 1 rings (SSSR count). The summed E-state index contributed by atoms with van der Waals surface area (Å²) in [6.07, 6.45) is 2.89. The summed E-state index contributed by atoms with van der Waals surface area (Å²) in [6.45, 7) is 2.09. The van der Waals surface area contributed by atoms with Gasteiger partial charge in [0.25, 0.3) is 0 Å². The number of nitrogens with zero attached hydrogens (tertiary/aromatic N) is 1. The second-order valence-electron chi connectivity index (χ2n) is 3.71. The molecule has 0 saturated carbocycles. The maximum absolute atomic E-state index is 10.7. The molecule has 0 aromatic heterocycles. The van der Waals surface area contributed by atoms with Gasteiger partial charge in [-0.3, -0.25) is 10.1 Å². The highest BCUT2D eigenvalue weighted by atomic mass is 36.0. The number of nitro benzene ring substituents is 1. The van der Waals surface area contributed by atoms with Crippen molar-refractivity contribution in [2.75, 3.05) is 7.11 Å². The van der Waals surface area contributed by atoms with Gasteiger partial charge < -0.3 is 4.74 Å². The van der Waals surface area contributed by atoms with Crippen molar-refractivity contribution in [1.82, 2.24) is 0 Å². The highest BCUT2D eigenvalue weighted by Crippen LogP contribution is 2.31. The van der Waals surface area contributed by atoms with E-state index in [4.69, 9.17) is 13.2 Å². The molecule has 114 valence electrons. The third-order valence-corrected chi connectivity index (χ3v) is 2.28. The number of benzene rings is 1. The molecule has 0 saturated heterocycles. The van der Waals surface area contributed by atoms with E-state index < -0.39 is 13.2 Å². The second kappa shape index (κ2) is 8.99. The number of rotatable bonds is 5. The topological polar surface area (TPSA) is 86.5 Å². The number of unbranched alkanes of at least 4 members (excludes halogenated alkanes) is 1. The minimum Gasteiger partial charge on any atom is -0.490 e. The van der Waals surface area contributed by atoms with Gasteiger partial charge in [0.15, 0.2) is 5.75 Å². The summed E-state index contributed by atoms with van der Waals surface area (Å²) in [5.74, 6) is 0.399. The number of ether oxygens (including phenoxy) is 1. The van der Waals surface area contributed by atoms with Gasteiger partial charge in [0.05, 0.1) is 12.0 Å². The minimum atomic E-state index is -3.72. The first-order valence-electron chi connectivity index (χ1n) is 5.65. The highest BCUT2D eigenvalue weighted by Gasteiger charge is 2.17. The molecule has 0 heterocycles. The lowest BCUT2D eigenvalue weighted by molar-refractivity contribution is -0.385. The second-order valence-corrected chi connectivity index (χ2v) is 7.38. The van der Waals surface area contributed by atoms with Crippen LogP contribution in [0.2, 0.25) is 0 Å². The van der Waals surface area contributed by atoms with Crippen LogP contribution in [0.5, 0.6) is 5.75 Å². The molecule has 0 radical (unpaired) electrons. The summed E-state index contributed by atoms with van der Waals surface area (Å²) in [4.78, 5) is 10.3. The number of aryl methyl sites for hydroxylation is 1. The lowest BCUT2D eigenvalue weighted by atomic mass is 10.1. The first-order chi connectivity index (χ1) is 9.20. The molecule has 0 atom stereocenters. The van der Waals surface area contributed by atoms with Crippen LogP contribution in [0.15, 0.2) is 18.2 Å². The first kappa shape index (κ1) is 18.9. The van der Waals surface area contributed by atoms with E-state index in [2.05, 4.69) is 28.3 Å². The monoisotopic (exact) mass is 343 g/mol. The number of hydrogen-bond donors (Lipinski definition) is 0. The molecule has 0 amide bonds. The maximum atomic E-state index is 10.7. The average molecular weight is 344 g/mol. The third kappa shape index (κ3) is 8.19. The molecular formula is C11H15Cl2NO5S. The molecule has 0 aliphatic heterocycles. The quantitative estimate of drug-likeness (QED) is 0.462. The number of para-hydroxylation sites is 1. The zero-order chi connectivity index (χ0) is 15.8. The lowest BCUT2D eigenvalue weighted by Crippen LogP contribution is -1.98. The van der Waals surface area contributed by atoms with Crippen molar-refractivity contribution in [2.45, 2.75) is 26.2 Å². The largest absolute Gasteiger partial charge is 0.490 e. The maximum Gasteiger partial charge on any atom is 0.317 e. The highest BCUT2D eigenvalue weighted by molar-refractivity contribution is 8.31. The van der Waals surface area contributed by atoms with Crippen LogP contribution in [0.4, 0.5) is 5.69 Å². The van der Waals surface area contributed by atoms with Gasteiger partial charge in [-0.2, -0.15) is 8.42 Å². The summed E-state index contributed by atoms with van der Waals surface area (Å²) in [7, 11) is 6.28. The van der Waals surface area contributed by atoms with E-state index in [1.165, 1.54) is 13.2 Å². The zero-order valence-corrected chi connectivity index (χ0v) is 13.3. The van der Waals surface area contributed by atoms with E-state index in [1.807, 2.05) is 6.07 Å². The number of halogens is 2. The van der Waals surface area contributed by atoms with Crippen LogP contribution < -0.4 is 4.74 Å². The molecule has 1 aromatic rings. The predicted octanol–water partition coefficient (Wildman–Crippen LogP) is 3.65. The van der Waals surface area contributed by atoms with Crippen LogP contribution in [0.25, 0.3) is 0 Å². The van der Waals surface area contributed by atoms with Gasteiger partial charge in [0.1, 0.15) is 0 Å². The number of methoxy groups -OCH3 is 1. The van der Waals surface area contributed by atoms with Crippen LogP contribution in [-0.4, -0.2) is 20.5 Å². The fourth-order valence-electron chi connectivity index (χ4n) is 1.51. The van der Waals surface area contributed by atoms with Crippen molar-refractivity contribution in [2.24, 2.45) is 0 Å². The molecule has 0 unspecified atom stereocenters. The Balaban J connectivity index is 0.000000621. The molecule has 0 spiro atoms. The Hall–Kier alpha value is -1.05. The van der Waals surface area contributed by atoms with Crippen molar-refractivity contribution in [3.8, 4) is 5.75 Å². The van der Waals surface area contributed by atoms with Crippen LogP contribution in [-0.2, 0) is 14.7 Å². The SMILES string of the molecule is CCCCc1cccc([N+](=O)[O-])c1OC.O=S(=O)(Cl)Cl. The molecule has 0 bridgehead atoms. The molecule has 0 aliphatic rings. The molecule has 9 heteroatoms. The van der Waals surface area contributed by atoms with E-state index in [9.17, 15) is 10.1 Å². The Kier molecular flexibility index (Phi) is 8.52. The van der Waals surface area contributed by atoms with Gasteiger partial charge in [-0.1, -0.05) is 25.5 Å². The fourth-order valence-corrected chi connectivity index (χ4v) is 1.51. The molecule has 0 fully saturated rings. The van der Waals surface area contributed by atoms with Crippen LogP contribution in [0, 0.1) is 10.1 Å². The minimum absolute atomic E-state index is 0.0473.